The van der Waals surface area contributed by atoms with Crippen molar-refractivity contribution in [1.82, 2.24) is 9.88 Å². The van der Waals surface area contributed by atoms with Crippen LogP contribution in [-0.4, -0.2) is 54.4 Å². The van der Waals surface area contributed by atoms with Gasteiger partial charge in [0.2, 0.25) is 0 Å². The molecule has 1 heterocycles. The number of rotatable bonds is 8. The van der Waals surface area contributed by atoms with Gasteiger partial charge in [0.15, 0.2) is 5.75 Å². The number of nitrogen functional groups attached to an aromatic ring is 1. The lowest BCUT2D eigenvalue weighted by molar-refractivity contribution is 0.0147. The van der Waals surface area contributed by atoms with E-state index in [1.807, 2.05) is 6.07 Å². The first-order valence-corrected chi connectivity index (χ1v) is 12.6. The summed E-state index contributed by atoms with van der Waals surface area (Å²) < 4.78 is 33.8. The van der Waals surface area contributed by atoms with E-state index in [-0.39, 0.29) is 18.8 Å². The van der Waals surface area contributed by atoms with E-state index < -0.39 is 27.9 Å². The first-order chi connectivity index (χ1) is 15.8. The third-order valence-corrected chi connectivity index (χ3v) is 5.48. The summed E-state index contributed by atoms with van der Waals surface area (Å²) in [6, 6.07) is 12.0. The minimum Gasteiger partial charge on any atom is -0.444 e. The molecule has 1 atom stereocenters. The van der Waals surface area contributed by atoms with Gasteiger partial charge in [-0.2, -0.15) is 8.42 Å². The van der Waals surface area contributed by atoms with E-state index in [2.05, 4.69) is 4.98 Å². The maximum absolute atomic E-state index is 12.9. The Kier molecular flexibility index (Phi) is 7.42. The van der Waals surface area contributed by atoms with E-state index in [9.17, 15) is 18.3 Å². The SMILES string of the molecule is CC(C)(C)OC(=O)N(CCc1c[nH]c2c(OS(C)(=O)=O)cccc12)C[C@H](O)c1cccc(N)c1. The molecule has 0 spiro atoms. The molecule has 0 aliphatic heterocycles. The van der Waals surface area contributed by atoms with Gasteiger partial charge in [0.05, 0.1) is 24.4 Å². The number of hydrogen-bond acceptors (Lipinski definition) is 7. The predicted molar refractivity (Wildman–Crippen MR) is 131 cm³/mol. The van der Waals surface area contributed by atoms with Crippen LogP contribution in [0.5, 0.6) is 5.75 Å². The second kappa shape index (κ2) is 9.94. The number of H-pyrrole nitrogens is 1. The van der Waals surface area contributed by atoms with Crippen molar-refractivity contribution in [2.45, 2.75) is 38.9 Å². The standard InChI is InChI=1S/C24H31N3O6S/c1-24(2,3)32-23(29)27(15-20(28)16-7-5-8-18(25)13-16)12-11-17-14-26-22-19(17)9-6-10-21(22)33-34(4,30)31/h5-10,13-14,20,26,28H,11-12,15,25H2,1-4H3/t20-/m0/s1. The molecule has 0 aliphatic carbocycles. The van der Waals surface area contributed by atoms with E-state index in [0.717, 1.165) is 17.2 Å². The molecule has 1 amide bonds. The number of carbonyl (C=O) groups is 1. The Morgan fingerprint density at radius 1 is 1.21 bits per heavy atom. The fraction of sp³-hybridized carbons (Fsp3) is 0.375. The molecule has 2 aromatic carbocycles. The molecule has 0 bridgehead atoms. The molecule has 1 aromatic heterocycles. The van der Waals surface area contributed by atoms with E-state index in [4.69, 9.17) is 14.7 Å². The number of aliphatic hydroxyl groups is 1. The Labute approximate surface area is 199 Å². The van der Waals surface area contributed by atoms with E-state index in [0.29, 0.717) is 23.2 Å². The second-order valence-corrected chi connectivity index (χ2v) is 10.7. The summed E-state index contributed by atoms with van der Waals surface area (Å²) in [7, 11) is -3.68. The lowest BCUT2D eigenvalue weighted by atomic mass is 10.1. The number of nitrogens with zero attached hydrogens (tertiary/aromatic N) is 1. The van der Waals surface area contributed by atoms with Gasteiger partial charge in [-0.25, -0.2) is 4.79 Å². The van der Waals surface area contributed by atoms with Crippen LogP contribution in [0.25, 0.3) is 10.9 Å². The summed E-state index contributed by atoms with van der Waals surface area (Å²) in [5.41, 5.74) is 7.66. The largest absolute Gasteiger partial charge is 0.444 e. The van der Waals surface area contributed by atoms with Gasteiger partial charge in [0, 0.05) is 23.8 Å². The van der Waals surface area contributed by atoms with Crippen molar-refractivity contribution in [1.29, 1.82) is 0 Å². The van der Waals surface area contributed by atoms with E-state index in [1.54, 1.807) is 63.4 Å². The molecule has 3 aromatic rings. The Balaban J connectivity index is 1.82. The van der Waals surface area contributed by atoms with Crippen molar-refractivity contribution < 1.29 is 27.2 Å². The zero-order chi connectivity index (χ0) is 25.1. The number of aliphatic hydroxyl groups excluding tert-OH is 1. The number of aromatic amines is 1. The summed E-state index contributed by atoms with van der Waals surface area (Å²) in [5.74, 6) is 0.201. The van der Waals surface area contributed by atoms with Crippen LogP contribution < -0.4 is 9.92 Å². The number of aromatic nitrogens is 1. The third-order valence-electron chi connectivity index (χ3n) is 5.00. The number of ether oxygens (including phenoxy) is 1. The average Bonchev–Trinajstić information content (AvgIpc) is 3.12. The number of benzene rings is 2. The zero-order valence-electron chi connectivity index (χ0n) is 19.7. The van der Waals surface area contributed by atoms with Crippen LogP contribution in [0.15, 0.2) is 48.7 Å². The minimum atomic E-state index is -3.68. The van der Waals surface area contributed by atoms with Crippen molar-refractivity contribution in [2.75, 3.05) is 25.1 Å². The molecule has 0 unspecified atom stereocenters. The van der Waals surface area contributed by atoms with Gasteiger partial charge in [-0.3, -0.25) is 0 Å². The minimum absolute atomic E-state index is 0.0170. The lowest BCUT2D eigenvalue weighted by Crippen LogP contribution is -2.40. The highest BCUT2D eigenvalue weighted by Gasteiger charge is 2.25. The van der Waals surface area contributed by atoms with Crippen molar-refractivity contribution in [3.05, 3.63) is 59.8 Å². The smallest absolute Gasteiger partial charge is 0.410 e. The first-order valence-electron chi connectivity index (χ1n) is 10.8. The maximum atomic E-state index is 12.9. The van der Waals surface area contributed by atoms with Gasteiger partial charge in [-0.1, -0.05) is 24.3 Å². The van der Waals surface area contributed by atoms with Crippen LogP contribution in [0.1, 0.15) is 38.0 Å². The van der Waals surface area contributed by atoms with Crippen LogP contribution in [-0.2, 0) is 21.3 Å². The molecular weight excluding hydrogens is 458 g/mol. The highest BCUT2D eigenvalue weighted by atomic mass is 32.2. The number of para-hydroxylation sites is 1. The van der Waals surface area contributed by atoms with Crippen molar-refractivity contribution >= 4 is 32.8 Å². The number of carbonyl (C=O) groups excluding carboxylic acids is 1. The number of amides is 1. The molecule has 0 radical (unpaired) electrons. The molecule has 0 saturated carbocycles. The topological polar surface area (TPSA) is 135 Å². The zero-order valence-corrected chi connectivity index (χ0v) is 20.6. The molecule has 3 rings (SSSR count). The average molecular weight is 490 g/mol. The lowest BCUT2D eigenvalue weighted by Gasteiger charge is -2.29. The summed E-state index contributed by atoms with van der Waals surface area (Å²) in [5, 5.41) is 11.5. The van der Waals surface area contributed by atoms with Crippen LogP contribution in [0.2, 0.25) is 0 Å². The van der Waals surface area contributed by atoms with E-state index >= 15 is 0 Å². The number of nitrogens with one attached hydrogen (secondary N) is 1. The highest BCUT2D eigenvalue weighted by molar-refractivity contribution is 7.86. The predicted octanol–water partition coefficient (Wildman–Crippen LogP) is 3.60. The Bertz CT molecular complexity index is 1260. The number of anilines is 1. The molecule has 4 N–H and O–H groups in total. The van der Waals surface area contributed by atoms with Crippen molar-refractivity contribution in [3.63, 3.8) is 0 Å². The number of fused-ring (bicyclic) bond motifs is 1. The molecular formula is C24H31N3O6S. The van der Waals surface area contributed by atoms with Gasteiger partial charge in [-0.05, 0) is 56.5 Å². The first kappa shape index (κ1) is 25.4. The van der Waals surface area contributed by atoms with Gasteiger partial charge in [0.25, 0.3) is 0 Å². The van der Waals surface area contributed by atoms with Crippen molar-refractivity contribution in [2.24, 2.45) is 0 Å². The Morgan fingerprint density at radius 2 is 1.91 bits per heavy atom. The highest BCUT2D eigenvalue weighted by Crippen LogP contribution is 2.29. The molecule has 184 valence electrons. The monoisotopic (exact) mass is 489 g/mol. The fourth-order valence-corrected chi connectivity index (χ4v) is 4.01. The summed E-state index contributed by atoms with van der Waals surface area (Å²) in [6.07, 6.45) is 1.68. The van der Waals surface area contributed by atoms with Gasteiger partial charge in [0.1, 0.15) is 5.60 Å². The van der Waals surface area contributed by atoms with Gasteiger partial charge >= 0.3 is 16.2 Å². The maximum Gasteiger partial charge on any atom is 0.410 e. The molecule has 0 fully saturated rings. The quantitative estimate of drug-likeness (QED) is 0.325. The van der Waals surface area contributed by atoms with E-state index in [1.165, 1.54) is 4.90 Å². The fourth-order valence-electron chi connectivity index (χ4n) is 3.54. The summed E-state index contributed by atoms with van der Waals surface area (Å²) in [4.78, 5) is 17.4. The van der Waals surface area contributed by atoms with Gasteiger partial charge < -0.3 is 29.6 Å². The van der Waals surface area contributed by atoms with Crippen molar-refractivity contribution in [3.8, 4) is 5.75 Å². The second-order valence-electron chi connectivity index (χ2n) is 9.14. The molecule has 34 heavy (non-hydrogen) atoms. The molecule has 10 heteroatoms. The van der Waals surface area contributed by atoms with Crippen LogP contribution in [0.3, 0.4) is 0 Å². The van der Waals surface area contributed by atoms with Crippen LogP contribution in [0, 0.1) is 0 Å². The molecule has 9 nitrogen and oxygen atoms in total. The van der Waals surface area contributed by atoms with Crippen LogP contribution in [0.4, 0.5) is 10.5 Å². The Morgan fingerprint density at radius 3 is 2.56 bits per heavy atom. The third kappa shape index (κ3) is 6.88. The van der Waals surface area contributed by atoms with Crippen LogP contribution >= 0.6 is 0 Å². The number of hydrogen-bond donors (Lipinski definition) is 3. The Hall–Kier alpha value is -3.24. The summed E-state index contributed by atoms with van der Waals surface area (Å²) >= 11 is 0. The number of nitrogens with two attached hydrogens (primary N) is 1. The summed E-state index contributed by atoms with van der Waals surface area (Å²) in [6.45, 7) is 5.61. The normalized spacial score (nSPS) is 13.0. The molecule has 0 aliphatic rings. The molecule has 0 saturated heterocycles. The van der Waals surface area contributed by atoms with Gasteiger partial charge in [-0.15, -0.1) is 0 Å².